The van der Waals surface area contributed by atoms with Gasteiger partial charge in [0.05, 0.1) is 0 Å². The topological polar surface area (TPSA) is 3.24 Å². The molecule has 2 aliphatic rings. The van der Waals surface area contributed by atoms with Gasteiger partial charge in [0.25, 0.3) is 0 Å². The van der Waals surface area contributed by atoms with Crippen LogP contribution in [-0.2, 0) is 5.41 Å². The highest BCUT2D eigenvalue weighted by atomic mass is 28.3. The van der Waals surface area contributed by atoms with Gasteiger partial charge in [0.2, 0.25) is 0 Å². The lowest BCUT2D eigenvalue weighted by Gasteiger charge is -2.34. The van der Waals surface area contributed by atoms with E-state index in [2.05, 4.69) is 219 Å². The van der Waals surface area contributed by atoms with E-state index in [1.165, 1.54) is 82.6 Å². The van der Waals surface area contributed by atoms with Crippen LogP contribution in [-0.4, -0.2) is 8.07 Å². The van der Waals surface area contributed by atoms with Crippen LogP contribution in [0.5, 0.6) is 0 Å². The fourth-order valence-corrected chi connectivity index (χ4v) is 13.8. The van der Waals surface area contributed by atoms with Gasteiger partial charge in [0, 0.05) is 22.5 Å². The highest BCUT2D eigenvalue weighted by Gasteiger charge is 2.46. The van der Waals surface area contributed by atoms with E-state index in [0.29, 0.717) is 0 Å². The minimum Gasteiger partial charge on any atom is -0.311 e. The van der Waals surface area contributed by atoms with Crippen LogP contribution in [0.1, 0.15) is 25.0 Å². The highest BCUT2D eigenvalue weighted by Crippen LogP contribution is 2.52. The molecule has 1 heterocycles. The third-order valence-corrected chi connectivity index (χ3v) is 16.7. The van der Waals surface area contributed by atoms with Crippen molar-refractivity contribution < 1.29 is 0 Å². The van der Waals surface area contributed by atoms with Crippen molar-refractivity contribution in [3.8, 4) is 44.5 Å². The molecule has 0 fully saturated rings. The van der Waals surface area contributed by atoms with E-state index in [0.717, 1.165) is 5.69 Å². The molecule has 0 aromatic heterocycles. The van der Waals surface area contributed by atoms with Crippen LogP contribution < -0.4 is 20.5 Å². The summed E-state index contributed by atoms with van der Waals surface area (Å²) in [5.74, 6) is 0. The van der Waals surface area contributed by atoms with Gasteiger partial charge in [-0.1, -0.05) is 178 Å². The first-order valence-electron chi connectivity index (χ1n) is 19.0. The number of hydrogen-bond acceptors (Lipinski definition) is 1. The van der Waals surface area contributed by atoms with Crippen LogP contribution in [0.4, 0.5) is 17.1 Å². The van der Waals surface area contributed by atoms with Crippen molar-refractivity contribution in [3.05, 3.63) is 205 Å². The first-order valence-corrected chi connectivity index (χ1v) is 21.5. The minimum absolute atomic E-state index is 0.170. The smallest absolute Gasteiger partial charge is 0.149 e. The van der Waals surface area contributed by atoms with Crippen molar-refractivity contribution in [3.63, 3.8) is 0 Å². The summed E-state index contributed by atoms with van der Waals surface area (Å²) in [6, 6.07) is 72.2. The maximum atomic E-state index is 2.56. The van der Waals surface area contributed by atoms with Gasteiger partial charge >= 0.3 is 0 Å². The summed E-state index contributed by atoms with van der Waals surface area (Å²) in [5.41, 5.74) is 16.5. The van der Waals surface area contributed by atoms with Crippen molar-refractivity contribution in [2.45, 2.75) is 25.8 Å². The zero-order chi connectivity index (χ0) is 36.4. The van der Waals surface area contributed by atoms with E-state index in [9.17, 15) is 0 Å². The summed E-state index contributed by atoms with van der Waals surface area (Å²) in [4.78, 5) is 2.54. The molecule has 1 unspecified atom stereocenters. The molecule has 0 saturated carbocycles. The maximum Gasteiger partial charge on any atom is 0.149 e. The van der Waals surface area contributed by atoms with Crippen molar-refractivity contribution in [1.29, 1.82) is 0 Å². The Morgan fingerprint density at radius 3 is 1.63 bits per heavy atom. The molecule has 0 amide bonds. The van der Waals surface area contributed by atoms with Gasteiger partial charge in [-0.15, -0.1) is 0 Å². The van der Waals surface area contributed by atoms with Crippen molar-refractivity contribution >= 4 is 40.7 Å². The molecule has 1 atom stereocenters. The molecule has 258 valence electrons. The average Bonchev–Trinajstić information content (AvgIpc) is 3.63. The summed E-state index contributed by atoms with van der Waals surface area (Å²) < 4.78 is 0. The van der Waals surface area contributed by atoms with Crippen LogP contribution in [0.15, 0.2) is 194 Å². The predicted octanol–water partition coefficient (Wildman–Crippen LogP) is 11.9. The lowest BCUT2D eigenvalue weighted by molar-refractivity contribution is 0.660. The number of benzene rings is 8. The van der Waals surface area contributed by atoms with E-state index in [-0.39, 0.29) is 5.41 Å². The first kappa shape index (κ1) is 32.4. The van der Waals surface area contributed by atoms with Gasteiger partial charge < -0.3 is 4.90 Å². The lowest BCUT2D eigenvalue weighted by Crippen LogP contribution is -2.62. The first-order chi connectivity index (χ1) is 26.4. The number of fused-ring (bicyclic) bond motifs is 6. The van der Waals surface area contributed by atoms with E-state index < -0.39 is 8.07 Å². The molecule has 0 radical (unpaired) electrons. The quantitative estimate of drug-likeness (QED) is 0.156. The van der Waals surface area contributed by atoms with Crippen molar-refractivity contribution in [2.75, 3.05) is 4.90 Å². The SMILES string of the molecule is CC1(C)c2cc(-c3ccccc3)ccc2-c2ccc(N(c3ccc(-c4ccccc4)cc3)c3cccc4c3[Si](C)(c3ccccc3)c3ccccc3-4)cc21. The second-order valence-corrected chi connectivity index (χ2v) is 19.3. The molecule has 0 bridgehead atoms. The van der Waals surface area contributed by atoms with Crippen LogP contribution >= 0.6 is 0 Å². The molecule has 1 aliphatic heterocycles. The van der Waals surface area contributed by atoms with Gasteiger partial charge in [-0.3, -0.25) is 0 Å². The number of anilines is 3. The Balaban J connectivity index is 1.18. The Morgan fingerprint density at radius 2 is 0.926 bits per heavy atom. The monoisotopic (exact) mass is 707 g/mol. The van der Waals surface area contributed by atoms with Gasteiger partial charge in [-0.25, -0.2) is 0 Å². The van der Waals surface area contributed by atoms with E-state index in [4.69, 9.17) is 0 Å². The van der Waals surface area contributed by atoms with Crippen LogP contribution in [0.2, 0.25) is 6.55 Å². The molecule has 54 heavy (non-hydrogen) atoms. The van der Waals surface area contributed by atoms with Crippen molar-refractivity contribution in [2.24, 2.45) is 0 Å². The Morgan fingerprint density at radius 1 is 0.407 bits per heavy atom. The molecule has 1 aliphatic carbocycles. The van der Waals surface area contributed by atoms with E-state index >= 15 is 0 Å². The standard InChI is InChI=1S/C52H41NSi/c1-52(2)47-34-39(37-18-9-5-10-19-37)28-32-43(47)44-33-31-41(35-48(44)52)53(40-29-26-38(27-30-40)36-16-7-4-8-17-36)49-24-15-23-46-45-22-13-14-25-50(45)54(3,51(46)49)42-20-11-6-12-21-42/h4-35H,1-3H3. The van der Waals surface area contributed by atoms with Crippen LogP contribution in [0, 0.1) is 0 Å². The molecule has 2 heteroatoms. The minimum atomic E-state index is -2.42. The normalized spacial score (nSPS) is 15.9. The second-order valence-electron chi connectivity index (χ2n) is 15.5. The number of nitrogens with zero attached hydrogens (tertiary/aromatic N) is 1. The zero-order valence-corrected chi connectivity index (χ0v) is 31.9. The Kier molecular flexibility index (Phi) is 7.47. The summed E-state index contributed by atoms with van der Waals surface area (Å²) in [6.07, 6.45) is 0. The molecule has 8 aromatic carbocycles. The fourth-order valence-electron chi connectivity index (χ4n) is 9.37. The molecule has 0 N–H and O–H groups in total. The third-order valence-electron chi connectivity index (χ3n) is 12.1. The summed E-state index contributed by atoms with van der Waals surface area (Å²) in [5, 5.41) is 4.39. The predicted molar refractivity (Wildman–Crippen MR) is 232 cm³/mol. The van der Waals surface area contributed by atoms with Crippen LogP contribution in [0.25, 0.3) is 44.5 Å². The molecule has 0 saturated heterocycles. The molecule has 10 rings (SSSR count). The molecular weight excluding hydrogens is 667 g/mol. The van der Waals surface area contributed by atoms with Gasteiger partial charge in [-0.05, 0) is 108 Å². The largest absolute Gasteiger partial charge is 0.311 e. The van der Waals surface area contributed by atoms with E-state index in [1.54, 1.807) is 0 Å². The summed E-state index contributed by atoms with van der Waals surface area (Å²) >= 11 is 0. The van der Waals surface area contributed by atoms with E-state index in [1.807, 2.05) is 0 Å². The lowest BCUT2D eigenvalue weighted by atomic mass is 9.81. The average molecular weight is 708 g/mol. The molecule has 8 aromatic rings. The van der Waals surface area contributed by atoms with Gasteiger partial charge in [0.15, 0.2) is 0 Å². The van der Waals surface area contributed by atoms with Gasteiger partial charge in [-0.2, -0.15) is 0 Å². The molecule has 0 spiro atoms. The Labute approximate surface area is 319 Å². The molecular formula is C52H41NSi. The summed E-state index contributed by atoms with van der Waals surface area (Å²) in [6.45, 7) is 7.34. The molecule has 1 nitrogen and oxygen atoms in total. The second kappa shape index (κ2) is 12.4. The Hall–Kier alpha value is -6.22. The number of hydrogen-bond donors (Lipinski definition) is 0. The number of rotatable bonds is 6. The van der Waals surface area contributed by atoms with Gasteiger partial charge in [0.1, 0.15) is 8.07 Å². The maximum absolute atomic E-state index is 2.56. The Bertz CT molecular complexity index is 2680. The highest BCUT2D eigenvalue weighted by molar-refractivity contribution is 7.14. The van der Waals surface area contributed by atoms with Crippen LogP contribution in [0.3, 0.4) is 0 Å². The van der Waals surface area contributed by atoms with Crippen molar-refractivity contribution in [1.82, 2.24) is 0 Å². The summed E-state index contributed by atoms with van der Waals surface area (Å²) in [7, 11) is -2.42. The third kappa shape index (κ3) is 4.91. The fraction of sp³-hybridized carbons (Fsp3) is 0.0769. The zero-order valence-electron chi connectivity index (χ0n) is 30.9.